The SMILES string of the molecule is COc1cc(CC(=O)OCc2ccccc2)ccc1N. The second-order valence-electron chi connectivity index (χ2n) is 4.40. The van der Waals surface area contributed by atoms with Gasteiger partial charge in [-0.2, -0.15) is 0 Å². The minimum absolute atomic E-state index is 0.198. The Bertz CT molecular complexity index is 582. The van der Waals surface area contributed by atoms with Crippen molar-refractivity contribution in [3.8, 4) is 5.75 Å². The van der Waals surface area contributed by atoms with Gasteiger partial charge in [-0.15, -0.1) is 0 Å². The van der Waals surface area contributed by atoms with Crippen LogP contribution in [0.1, 0.15) is 11.1 Å². The second-order valence-corrected chi connectivity index (χ2v) is 4.40. The van der Waals surface area contributed by atoms with Crippen molar-refractivity contribution in [1.29, 1.82) is 0 Å². The Morgan fingerprint density at radius 3 is 2.55 bits per heavy atom. The molecule has 0 bridgehead atoms. The summed E-state index contributed by atoms with van der Waals surface area (Å²) in [6.45, 7) is 0.284. The van der Waals surface area contributed by atoms with Crippen molar-refractivity contribution in [2.45, 2.75) is 13.0 Å². The average Bonchev–Trinajstić information content (AvgIpc) is 2.48. The van der Waals surface area contributed by atoms with E-state index in [9.17, 15) is 4.79 Å². The Morgan fingerprint density at radius 2 is 1.85 bits per heavy atom. The van der Waals surface area contributed by atoms with Crippen LogP contribution in [0.3, 0.4) is 0 Å². The Hall–Kier alpha value is -2.49. The van der Waals surface area contributed by atoms with Gasteiger partial charge in [0.1, 0.15) is 12.4 Å². The first-order valence-electron chi connectivity index (χ1n) is 6.31. The fraction of sp³-hybridized carbons (Fsp3) is 0.188. The molecule has 0 saturated heterocycles. The van der Waals surface area contributed by atoms with Crippen LogP contribution in [-0.4, -0.2) is 13.1 Å². The predicted octanol–water partition coefficient (Wildman–Crippen LogP) is 2.56. The van der Waals surface area contributed by atoms with Crippen LogP contribution < -0.4 is 10.5 Å². The van der Waals surface area contributed by atoms with Gasteiger partial charge in [0.15, 0.2) is 0 Å². The van der Waals surface area contributed by atoms with E-state index < -0.39 is 0 Å². The fourth-order valence-electron chi connectivity index (χ4n) is 1.82. The number of carbonyl (C=O) groups excluding carboxylic acids is 1. The number of esters is 1. The molecule has 0 saturated carbocycles. The minimum Gasteiger partial charge on any atom is -0.495 e. The van der Waals surface area contributed by atoms with E-state index in [4.69, 9.17) is 15.2 Å². The maximum absolute atomic E-state index is 11.8. The summed E-state index contributed by atoms with van der Waals surface area (Å²) in [6.07, 6.45) is 0.198. The highest BCUT2D eigenvalue weighted by molar-refractivity contribution is 5.73. The van der Waals surface area contributed by atoms with E-state index >= 15 is 0 Å². The van der Waals surface area contributed by atoms with Crippen LogP contribution in [0.5, 0.6) is 5.75 Å². The van der Waals surface area contributed by atoms with Crippen molar-refractivity contribution in [1.82, 2.24) is 0 Å². The third-order valence-corrected chi connectivity index (χ3v) is 2.89. The topological polar surface area (TPSA) is 61.5 Å². The summed E-state index contributed by atoms with van der Waals surface area (Å²) in [5.41, 5.74) is 8.06. The molecular weight excluding hydrogens is 254 g/mol. The molecule has 2 N–H and O–H groups in total. The Labute approximate surface area is 118 Å². The predicted molar refractivity (Wildman–Crippen MR) is 77.3 cm³/mol. The lowest BCUT2D eigenvalue weighted by molar-refractivity contribution is -0.144. The first kappa shape index (κ1) is 13.9. The number of rotatable bonds is 5. The van der Waals surface area contributed by atoms with Crippen LogP contribution in [-0.2, 0) is 22.6 Å². The number of benzene rings is 2. The number of hydrogen-bond donors (Lipinski definition) is 1. The number of anilines is 1. The zero-order chi connectivity index (χ0) is 14.4. The van der Waals surface area contributed by atoms with E-state index in [-0.39, 0.29) is 19.0 Å². The van der Waals surface area contributed by atoms with E-state index in [1.165, 1.54) is 0 Å². The normalized spacial score (nSPS) is 10.1. The van der Waals surface area contributed by atoms with Gasteiger partial charge in [0.25, 0.3) is 0 Å². The zero-order valence-electron chi connectivity index (χ0n) is 11.3. The van der Waals surface area contributed by atoms with Gasteiger partial charge in [0.05, 0.1) is 19.2 Å². The van der Waals surface area contributed by atoms with Crippen molar-refractivity contribution < 1.29 is 14.3 Å². The van der Waals surface area contributed by atoms with Crippen LogP contribution in [0.2, 0.25) is 0 Å². The molecule has 0 aliphatic heterocycles. The van der Waals surface area contributed by atoms with Crippen molar-refractivity contribution in [3.63, 3.8) is 0 Å². The first-order chi connectivity index (χ1) is 9.69. The molecule has 0 aliphatic carbocycles. The highest BCUT2D eigenvalue weighted by Crippen LogP contribution is 2.22. The maximum Gasteiger partial charge on any atom is 0.310 e. The van der Waals surface area contributed by atoms with E-state index in [2.05, 4.69) is 0 Å². The van der Waals surface area contributed by atoms with E-state index in [1.54, 1.807) is 25.3 Å². The average molecular weight is 271 g/mol. The molecule has 0 spiro atoms. The summed E-state index contributed by atoms with van der Waals surface area (Å²) < 4.78 is 10.3. The van der Waals surface area contributed by atoms with Crippen LogP contribution >= 0.6 is 0 Å². The molecule has 0 aromatic heterocycles. The van der Waals surface area contributed by atoms with Crippen molar-refractivity contribution in [2.75, 3.05) is 12.8 Å². The highest BCUT2D eigenvalue weighted by atomic mass is 16.5. The second kappa shape index (κ2) is 6.61. The Balaban J connectivity index is 1.91. The third-order valence-electron chi connectivity index (χ3n) is 2.89. The van der Waals surface area contributed by atoms with E-state index in [0.717, 1.165) is 11.1 Å². The molecule has 0 aliphatic rings. The van der Waals surface area contributed by atoms with Crippen molar-refractivity contribution in [3.05, 3.63) is 59.7 Å². The van der Waals surface area contributed by atoms with Gasteiger partial charge in [0.2, 0.25) is 0 Å². The number of methoxy groups -OCH3 is 1. The minimum atomic E-state index is -0.277. The quantitative estimate of drug-likeness (QED) is 0.670. The number of hydrogen-bond acceptors (Lipinski definition) is 4. The Morgan fingerprint density at radius 1 is 1.10 bits per heavy atom. The summed E-state index contributed by atoms with van der Waals surface area (Å²) in [5, 5.41) is 0. The zero-order valence-corrected chi connectivity index (χ0v) is 11.3. The van der Waals surface area contributed by atoms with Gasteiger partial charge in [0, 0.05) is 0 Å². The number of carbonyl (C=O) groups is 1. The summed E-state index contributed by atoms with van der Waals surface area (Å²) in [7, 11) is 1.54. The Kier molecular flexibility index (Phi) is 4.60. The molecule has 4 heteroatoms. The van der Waals surface area contributed by atoms with Crippen molar-refractivity contribution >= 4 is 11.7 Å². The molecule has 0 amide bonds. The molecule has 0 unspecified atom stereocenters. The molecule has 0 atom stereocenters. The summed E-state index contributed by atoms with van der Waals surface area (Å²) in [6, 6.07) is 14.8. The summed E-state index contributed by atoms with van der Waals surface area (Å²) in [5.74, 6) is 0.291. The van der Waals surface area contributed by atoms with Gasteiger partial charge >= 0.3 is 5.97 Å². The molecular formula is C16H17NO3. The lowest BCUT2D eigenvalue weighted by Gasteiger charge is -2.08. The lowest BCUT2D eigenvalue weighted by atomic mass is 10.1. The van der Waals surface area contributed by atoms with Crippen LogP contribution in [0, 0.1) is 0 Å². The largest absolute Gasteiger partial charge is 0.495 e. The van der Waals surface area contributed by atoms with Crippen LogP contribution in [0.4, 0.5) is 5.69 Å². The monoisotopic (exact) mass is 271 g/mol. The maximum atomic E-state index is 11.8. The molecule has 0 heterocycles. The summed E-state index contributed by atoms with van der Waals surface area (Å²) >= 11 is 0. The van der Waals surface area contributed by atoms with E-state index in [1.807, 2.05) is 30.3 Å². The molecule has 4 nitrogen and oxygen atoms in total. The summed E-state index contributed by atoms with van der Waals surface area (Å²) in [4.78, 5) is 11.8. The first-order valence-corrected chi connectivity index (χ1v) is 6.31. The van der Waals surface area contributed by atoms with Crippen LogP contribution in [0.15, 0.2) is 48.5 Å². The van der Waals surface area contributed by atoms with Gasteiger partial charge < -0.3 is 15.2 Å². The van der Waals surface area contributed by atoms with Gasteiger partial charge in [-0.3, -0.25) is 4.79 Å². The third kappa shape index (κ3) is 3.75. The lowest BCUT2D eigenvalue weighted by Crippen LogP contribution is -2.08. The van der Waals surface area contributed by atoms with Gasteiger partial charge in [-0.05, 0) is 23.3 Å². The molecule has 2 aromatic carbocycles. The number of nitrogen functional groups attached to an aromatic ring is 1. The molecule has 2 aromatic rings. The highest BCUT2D eigenvalue weighted by Gasteiger charge is 2.08. The van der Waals surface area contributed by atoms with Crippen molar-refractivity contribution in [2.24, 2.45) is 0 Å². The number of ether oxygens (including phenoxy) is 2. The van der Waals surface area contributed by atoms with Crippen LogP contribution in [0.25, 0.3) is 0 Å². The van der Waals surface area contributed by atoms with E-state index in [0.29, 0.717) is 11.4 Å². The fourth-order valence-corrected chi connectivity index (χ4v) is 1.82. The van der Waals surface area contributed by atoms with Gasteiger partial charge in [-0.25, -0.2) is 0 Å². The molecule has 20 heavy (non-hydrogen) atoms. The molecule has 0 radical (unpaired) electrons. The molecule has 104 valence electrons. The molecule has 2 rings (SSSR count). The standard InChI is InChI=1S/C16H17NO3/c1-19-15-9-13(7-8-14(15)17)10-16(18)20-11-12-5-3-2-4-6-12/h2-9H,10-11,17H2,1H3. The number of nitrogens with two attached hydrogens (primary N) is 1. The molecule has 0 fully saturated rings. The van der Waals surface area contributed by atoms with Gasteiger partial charge in [-0.1, -0.05) is 36.4 Å². The smallest absolute Gasteiger partial charge is 0.310 e.